The van der Waals surface area contributed by atoms with E-state index in [0.29, 0.717) is 12.2 Å². The van der Waals surface area contributed by atoms with Gasteiger partial charge in [-0.2, -0.15) is 0 Å². The van der Waals surface area contributed by atoms with E-state index < -0.39 is 0 Å². The minimum Gasteiger partial charge on any atom is -0.375 e. The summed E-state index contributed by atoms with van der Waals surface area (Å²) in [5, 5.41) is 0. The molecule has 0 saturated carbocycles. The molecule has 0 amide bonds. The topological polar surface area (TPSA) is 9.23 Å². The van der Waals surface area contributed by atoms with Crippen LogP contribution in [-0.4, -0.2) is 12.2 Å². The largest absolute Gasteiger partial charge is 0.375 e. The Balaban J connectivity index is 4.05. The lowest BCUT2D eigenvalue weighted by atomic mass is 10.0. The molecule has 0 aromatic rings. The second kappa shape index (κ2) is 14.4. The highest BCUT2D eigenvalue weighted by molar-refractivity contribution is 4.65. The van der Waals surface area contributed by atoms with Crippen LogP contribution in [-0.2, 0) is 4.74 Å². The van der Waals surface area contributed by atoms with Gasteiger partial charge in [-0.15, -0.1) is 0 Å². The van der Waals surface area contributed by atoms with Crippen molar-refractivity contribution in [3.05, 3.63) is 0 Å². The fourth-order valence-electron chi connectivity index (χ4n) is 2.72. The molecule has 1 heteroatoms. The van der Waals surface area contributed by atoms with Crippen LogP contribution in [0.15, 0.2) is 0 Å². The van der Waals surface area contributed by atoms with Gasteiger partial charge in [-0.1, -0.05) is 79.1 Å². The molecule has 0 saturated heterocycles. The summed E-state index contributed by atoms with van der Waals surface area (Å²) in [6.07, 6.45) is 16.6. The smallest absolute Gasteiger partial charge is 0.0578 e. The monoisotopic (exact) mass is 270 g/mol. The van der Waals surface area contributed by atoms with Crippen LogP contribution in [0.2, 0.25) is 0 Å². The van der Waals surface area contributed by atoms with Crippen LogP contribution in [0.3, 0.4) is 0 Å². The first kappa shape index (κ1) is 19.0. The third kappa shape index (κ3) is 11.5. The van der Waals surface area contributed by atoms with Gasteiger partial charge in [0.25, 0.3) is 0 Å². The number of ether oxygens (including phenoxy) is 1. The number of unbranched alkanes of at least 4 members (excludes halogenated alkanes) is 4. The standard InChI is InChI=1S/C18H38O/c1-5-9-11-15-17(13-7-3)19-18(14-8-4)16-12-10-6-2/h17-18H,5-16H2,1-4H3. The summed E-state index contributed by atoms with van der Waals surface area (Å²) in [7, 11) is 0. The fraction of sp³-hybridized carbons (Fsp3) is 1.00. The summed E-state index contributed by atoms with van der Waals surface area (Å²) in [5.74, 6) is 0. The zero-order valence-corrected chi connectivity index (χ0v) is 14.0. The molecule has 0 spiro atoms. The molecular weight excluding hydrogens is 232 g/mol. The molecule has 0 heterocycles. The number of rotatable bonds is 14. The number of hydrogen-bond donors (Lipinski definition) is 0. The molecule has 116 valence electrons. The lowest BCUT2D eigenvalue weighted by Crippen LogP contribution is -2.22. The Hall–Kier alpha value is -0.0400. The summed E-state index contributed by atoms with van der Waals surface area (Å²) in [4.78, 5) is 0. The minimum absolute atomic E-state index is 0.523. The van der Waals surface area contributed by atoms with Crippen LogP contribution in [0.1, 0.15) is 105 Å². The van der Waals surface area contributed by atoms with Crippen molar-refractivity contribution < 1.29 is 4.74 Å². The molecule has 2 unspecified atom stereocenters. The van der Waals surface area contributed by atoms with Gasteiger partial charge in [0.1, 0.15) is 0 Å². The first-order chi connectivity index (χ1) is 9.28. The van der Waals surface area contributed by atoms with Gasteiger partial charge in [-0.25, -0.2) is 0 Å². The summed E-state index contributed by atoms with van der Waals surface area (Å²) in [6, 6.07) is 0. The molecule has 19 heavy (non-hydrogen) atoms. The van der Waals surface area contributed by atoms with Gasteiger partial charge in [0.05, 0.1) is 12.2 Å². The third-order valence-corrected chi connectivity index (χ3v) is 3.87. The molecule has 0 N–H and O–H groups in total. The van der Waals surface area contributed by atoms with E-state index >= 15 is 0 Å². The molecule has 0 aliphatic rings. The van der Waals surface area contributed by atoms with E-state index in [1.807, 2.05) is 0 Å². The summed E-state index contributed by atoms with van der Waals surface area (Å²) >= 11 is 0. The van der Waals surface area contributed by atoms with Gasteiger partial charge in [-0.05, 0) is 25.7 Å². The normalized spacial score (nSPS) is 14.5. The van der Waals surface area contributed by atoms with Crippen LogP contribution < -0.4 is 0 Å². The Labute approximate surface area is 122 Å². The first-order valence-electron chi connectivity index (χ1n) is 8.93. The molecule has 0 aliphatic carbocycles. The molecule has 0 aromatic heterocycles. The molecule has 2 atom stereocenters. The van der Waals surface area contributed by atoms with Crippen molar-refractivity contribution in [2.24, 2.45) is 0 Å². The highest BCUT2D eigenvalue weighted by atomic mass is 16.5. The van der Waals surface area contributed by atoms with E-state index in [1.54, 1.807) is 0 Å². The second-order valence-electron chi connectivity index (χ2n) is 5.95. The van der Waals surface area contributed by atoms with Crippen molar-refractivity contribution in [2.75, 3.05) is 0 Å². The highest BCUT2D eigenvalue weighted by Gasteiger charge is 2.15. The van der Waals surface area contributed by atoms with E-state index in [0.717, 1.165) is 0 Å². The zero-order chi connectivity index (χ0) is 14.3. The van der Waals surface area contributed by atoms with E-state index in [1.165, 1.54) is 77.0 Å². The SMILES string of the molecule is CCCCCC(CCC)OC(CCC)CCCCC. The van der Waals surface area contributed by atoms with Crippen molar-refractivity contribution in [1.82, 2.24) is 0 Å². The maximum absolute atomic E-state index is 6.42. The maximum Gasteiger partial charge on any atom is 0.0578 e. The summed E-state index contributed by atoms with van der Waals surface area (Å²) in [6.45, 7) is 9.12. The van der Waals surface area contributed by atoms with Crippen LogP contribution >= 0.6 is 0 Å². The summed E-state index contributed by atoms with van der Waals surface area (Å²) in [5.41, 5.74) is 0. The average molecular weight is 271 g/mol. The van der Waals surface area contributed by atoms with Crippen molar-refractivity contribution >= 4 is 0 Å². The molecule has 0 aromatic carbocycles. The first-order valence-corrected chi connectivity index (χ1v) is 8.93. The quantitative estimate of drug-likeness (QED) is 0.327. The average Bonchev–Trinajstić information content (AvgIpc) is 2.39. The lowest BCUT2D eigenvalue weighted by molar-refractivity contribution is -0.0307. The molecule has 1 nitrogen and oxygen atoms in total. The molecule has 0 aliphatic heterocycles. The number of hydrogen-bond acceptors (Lipinski definition) is 1. The Morgan fingerprint density at radius 2 is 0.947 bits per heavy atom. The third-order valence-electron chi connectivity index (χ3n) is 3.87. The molecule has 0 fully saturated rings. The van der Waals surface area contributed by atoms with Crippen LogP contribution in [0.4, 0.5) is 0 Å². The van der Waals surface area contributed by atoms with Crippen LogP contribution in [0.5, 0.6) is 0 Å². The second-order valence-corrected chi connectivity index (χ2v) is 5.95. The minimum atomic E-state index is 0.523. The van der Waals surface area contributed by atoms with Crippen molar-refractivity contribution in [2.45, 2.75) is 117 Å². The Morgan fingerprint density at radius 1 is 0.526 bits per heavy atom. The Kier molecular flexibility index (Phi) is 14.3. The Morgan fingerprint density at radius 3 is 1.26 bits per heavy atom. The van der Waals surface area contributed by atoms with E-state index in [-0.39, 0.29) is 0 Å². The van der Waals surface area contributed by atoms with Crippen LogP contribution in [0, 0.1) is 0 Å². The van der Waals surface area contributed by atoms with Gasteiger partial charge in [0, 0.05) is 0 Å². The maximum atomic E-state index is 6.42. The summed E-state index contributed by atoms with van der Waals surface area (Å²) < 4.78 is 6.42. The Bertz CT molecular complexity index is 149. The van der Waals surface area contributed by atoms with Gasteiger partial charge in [0.2, 0.25) is 0 Å². The van der Waals surface area contributed by atoms with Gasteiger partial charge >= 0.3 is 0 Å². The van der Waals surface area contributed by atoms with Gasteiger partial charge in [-0.3, -0.25) is 0 Å². The van der Waals surface area contributed by atoms with Crippen LogP contribution in [0.25, 0.3) is 0 Å². The van der Waals surface area contributed by atoms with E-state index in [9.17, 15) is 0 Å². The zero-order valence-electron chi connectivity index (χ0n) is 14.0. The van der Waals surface area contributed by atoms with Crippen molar-refractivity contribution in [3.63, 3.8) is 0 Å². The molecule has 0 bridgehead atoms. The molecule has 0 rings (SSSR count). The predicted molar refractivity (Wildman–Crippen MR) is 86.8 cm³/mol. The highest BCUT2D eigenvalue weighted by Crippen LogP contribution is 2.19. The van der Waals surface area contributed by atoms with E-state index in [4.69, 9.17) is 4.74 Å². The lowest BCUT2D eigenvalue weighted by Gasteiger charge is -2.25. The fourth-order valence-corrected chi connectivity index (χ4v) is 2.72. The van der Waals surface area contributed by atoms with Crippen molar-refractivity contribution in [1.29, 1.82) is 0 Å². The van der Waals surface area contributed by atoms with Gasteiger partial charge in [0.15, 0.2) is 0 Å². The van der Waals surface area contributed by atoms with Crippen molar-refractivity contribution in [3.8, 4) is 0 Å². The van der Waals surface area contributed by atoms with E-state index in [2.05, 4.69) is 27.7 Å². The molecule has 0 radical (unpaired) electrons. The molecular formula is C18H38O. The van der Waals surface area contributed by atoms with Gasteiger partial charge < -0.3 is 4.74 Å². The predicted octanol–water partition coefficient (Wildman–Crippen LogP) is 6.50.